The molecular formula is C11H12BrF2NO3. The predicted octanol–water partition coefficient (Wildman–Crippen LogP) is 2.31. The largest absolute Gasteiger partial charge is 0.466 e. The van der Waals surface area contributed by atoms with E-state index in [0.29, 0.717) is 5.56 Å². The second-order valence-corrected chi connectivity index (χ2v) is 4.03. The Morgan fingerprint density at radius 1 is 1.56 bits per heavy atom. The molecule has 1 N–H and O–H groups in total. The predicted molar refractivity (Wildman–Crippen MR) is 65.0 cm³/mol. The van der Waals surface area contributed by atoms with Crippen molar-refractivity contribution < 1.29 is 18.3 Å². The third-order valence-electron chi connectivity index (χ3n) is 2.25. The van der Waals surface area contributed by atoms with E-state index in [0.717, 1.165) is 0 Å². The zero-order valence-corrected chi connectivity index (χ0v) is 11.2. The van der Waals surface area contributed by atoms with Crippen LogP contribution in [0.4, 0.5) is 8.78 Å². The van der Waals surface area contributed by atoms with Gasteiger partial charge in [-0.2, -0.15) is 0 Å². The van der Waals surface area contributed by atoms with Crippen molar-refractivity contribution in [1.29, 1.82) is 0 Å². The first-order chi connectivity index (χ1) is 8.49. The lowest BCUT2D eigenvalue weighted by Crippen LogP contribution is -2.21. The highest BCUT2D eigenvalue weighted by atomic mass is 79.9. The molecule has 0 bridgehead atoms. The maximum Gasteiger partial charge on any atom is 0.310 e. The molecule has 100 valence electrons. The molecule has 0 unspecified atom stereocenters. The molecule has 0 aliphatic heterocycles. The number of esters is 1. The molecule has 0 radical (unpaired) electrons. The third kappa shape index (κ3) is 3.63. The van der Waals surface area contributed by atoms with Gasteiger partial charge in [-0.1, -0.05) is 15.9 Å². The number of carbonyl (C=O) groups is 1. The minimum absolute atomic E-state index is 0.148. The molecular weight excluding hydrogens is 312 g/mol. The van der Waals surface area contributed by atoms with Gasteiger partial charge in [0.1, 0.15) is 0 Å². The zero-order valence-electron chi connectivity index (χ0n) is 9.63. The van der Waals surface area contributed by atoms with E-state index in [1.807, 2.05) is 0 Å². The van der Waals surface area contributed by atoms with Gasteiger partial charge in [0.2, 0.25) is 0 Å². The molecule has 4 nitrogen and oxygen atoms in total. The molecule has 0 amide bonds. The van der Waals surface area contributed by atoms with Gasteiger partial charge in [0.15, 0.2) is 0 Å². The lowest BCUT2D eigenvalue weighted by molar-refractivity contribution is -0.142. The average Bonchev–Trinajstić information content (AvgIpc) is 2.31. The van der Waals surface area contributed by atoms with E-state index in [9.17, 15) is 18.4 Å². The molecule has 1 aromatic rings. The summed E-state index contributed by atoms with van der Waals surface area (Å²) >= 11 is 3.10. The fraction of sp³-hybridized carbons (Fsp3) is 0.455. The molecule has 1 heterocycles. The molecule has 0 aliphatic rings. The van der Waals surface area contributed by atoms with E-state index >= 15 is 0 Å². The molecule has 0 fully saturated rings. The van der Waals surface area contributed by atoms with Gasteiger partial charge < -0.3 is 9.72 Å². The van der Waals surface area contributed by atoms with E-state index in [-0.39, 0.29) is 23.9 Å². The number of H-pyrrole nitrogens is 1. The summed E-state index contributed by atoms with van der Waals surface area (Å²) in [5, 5.41) is 0.214. The Balaban J connectivity index is 3.11. The van der Waals surface area contributed by atoms with Gasteiger partial charge in [0.05, 0.1) is 18.7 Å². The summed E-state index contributed by atoms with van der Waals surface area (Å²) in [6.07, 6.45) is -2.99. The standard InChI is InChI=1S/C11H12BrF2NO3/c1-2-18-9(16)4-7-6(5-12)3-8(10(13)14)15-11(7)17/h3,10H,2,4-5H2,1H3,(H,15,17). The van der Waals surface area contributed by atoms with Crippen molar-refractivity contribution in [2.45, 2.75) is 25.1 Å². The number of aromatic nitrogens is 1. The number of ether oxygens (including phenoxy) is 1. The molecule has 7 heteroatoms. The topological polar surface area (TPSA) is 59.2 Å². The Morgan fingerprint density at radius 2 is 2.22 bits per heavy atom. The third-order valence-corrected chi connectivity index (χ3v) is 2.86. The summed E-state index contributed by atoms with van der Waals surface area (Å²) in [5.74, 6) is -0.560. The molecule has 1 aromatic heterocycles. The second-order valence-electron chi connectivity index (χ2n) is 3.47. The summed E-state index contributed by atoms with van der Waals surface area (Å²) in [4.78, 5) is 25.0. The maximum absolute atomic E-state index is 12.5. The van der Waals surface area contributed by atoms with Gasteiger partial charge in [-0.05, 0) is 18.6 Å². The fourth-order valence-corrected chi connectivity index (χ4v) is 1.95. The number of rotatable bonds is 5. The minimum atomic E-state index is -2.76. The first-order valence-electron chi connectivity index (χ1n) is 5.24. The lowest BCUT2D eigenvalue weighted by atomic mass is 10.1. The number of aromatic amines is 1. The van der Waals surface area contributed by atoms with E-state index in [4.69, 9.17) is 4.74 Å². The zero-order chi connectivity index (χ0) is 13.7. The first-order valence-corrected chi connectivity index (χ1v) is 6.36. The van der Waals surface area contributed by atoms with Gasteiger partial charge in [0, 0.05) is 10.9 Å². The Hall–Kier alpha value is -1.24. The summed E-state index contributed by atoms with van der Waals surface area (Å²) in [6, 6.07) is 1.18. The van der Waals surface area contributed by atoms with Crippen molar-refractivity contribution in [2.24, 2.45) is 0 Å². The quantitative estimate of drug-likeness (QED) is 0.668. The molecule has 18 heavy (non-hydrogen) atoms. The van der Waals surface area contributed by atoms with E-state index < -0.39 is 23.6 Å². The van der Waals surface area contributed by atoms with Crippen LogP contribution in [0, 0.1) is 0 Å². The van der Waals surface area contributed by atoms with E-state index in [2.05, 4.69) is 20.9 Å². The fourth-order valence-electron chi connectivity index (χ4n) is 1.45. The van der Waals surface area contributed by atoms with Gasteiger partial charge in [0.25, 0.3) is 12.0 Å². The van der Waals surface area contributed by atoms with Gasteiger partial charge in [-0.25, -0.2) is 8.78 Å². The molecule has 0 saturated carbocycles. The number of hydrogen-bond acceptors (Lipinski definition) is 3. The molecule has 0 atom stereocenters. The molecule has 0 aliphatic carbocycles. The number of pyridine rings is 1. The van der Waals surface area contributed by atoms with Crippen LogP contribution in [0.2, 0.25) is 0 Å². The highest BCUT2D eigenvalue weighted by Crippen LogP contribution is 2.19. The van der Waals surface area contributed by atoms with Crippen LogP contribution in [0.5, 0.6) is 0 Å². The Labute approximate surface area is 110 Å². The van der Waals surface area contributed by atoms with Crippen LogP contribution in [0.3, 0.4) is 0 Å². The number of alkyl halides is 3. The van der Waals surface area contributed by atoms with Crippen LogP contribution in [0.15, 0.2) is 10.9 Å². The summed E-state index contributed by atoms with van der Waals surface area (Å²) in [7, 11) is 0. The Bertz CT molecular complexity index is 488. The second kappa shape index (κ2) is 6.63. The molecule has 0 aromatic carbocycles. The molecule has 0 saturated heterocycles. The normalized spacial score (nSPS) is 10.7. The lowest BCUT2D eigenvalue weighted by Gasteiger charge is -2.08. The first kappa shape index (κ1) is 14.8. The van der Waals surface area contributed by atoms with Crippen molar-refractivity contribution in [3.63, 3.8) is 0 Å². The number of nitrogens with one attached hydrogen (secondary N) is 1. The smallest absolute Gasteiger partial charge is 0.310 e. The van der Waals surface area contributed by atoms with Crippen LogP contribution < -0.4 is 5.56 Å². The SMILES string of the molecule is CCOC(=O)Cc1c(CBr)cc(C(F)F)[nH]c1=O. The Kier molecular flexibility index (Phi) is 5.46. The maximum atomic E-state index is 12.5. The van der Waals surface area contributed by atoms with Crippen molar-refractivity contribution in [3.05, 3.63) is 33.2 Å². The summed E-state index contributed by atoms with van der Waals surface area (Å²) < 4.78 is 29.7. The van der Waals surface area contributed by atoms with Crippen molar-refractivity contribution in [1.82, 2.24) is 4.98 Å². The summed E-state index contributed by atoms with van der Waals surface area (Å²) in [6.45, 7) is 1.85. The summed E-state index contributed by atoms with van der Waals surface area (Å²) in [5.41, 5.74) is -0.630. The van der Waals surface area contributed by atoms with Crippen molar-refractivity contribution >= 4 is 21.9 Å². The van der Waals surface area contributed by atoms with Gasteiger partial charge in [-0.15, -0.1) is 0 Å². The number of carbonyl (C=O) groups excluding carboxylic acids is 1. The number of halogens is 3. The van der Waals surface area contributed by atoms with Crippen LogP contribution in [-0.4, -0.2) is 17.6 Å². The van der Waals surface area contributed by atoms with Crippen molar-refractivity contribution in [2.75, 3.05) is 6.61 Å². The van der Waals surface area contributed by atoms with E-state index in [1.54, 1.807) is 6.92 Å². The minimum Gasteiger partial charge on any atom is -0.466 e. The average molecular weight is 324 g/mol. The monoisotopic (exact) mass is 323 g/mol. The van der Waals surface area contributed by atoms with Crippen LogP contribution >= 0.6 is 15.9 Å². The van der Waals surface area contributed by atoms with Crippen LogP contribution in [0.1, 0.15) is 30.2 Å². The van der Waals surface area contributed by atoms with E-state index in [1.165, 1.54) is 6.07 Å². The van der Waals surface area contributed by atoms with Crippen LogP contribution in [-0.2, 0) is 21.3 Å². The Morgan fingerprint density at radius 3 is 2.72 bits per heavy atom. The number of hydrogen-bond donors (Lipinski definition) is 1. The van der Waals surface area contributed by atoms with Gasteiger partial charge >= 0.3 is 5.97 Å². The van der Waals surface area contributed by atoms with Crippen molar-refractivity contribution in [3.8, 4) is 0 Å². The van der Waals surface area contributed by atoms with Crippen LogP contribution in [0.25, 0.3) is 0 Å². The molecule has 0 spiro atoms. The van der Waals surface area contributed by atoms with Gasteiger partial charge in [-0.3, -0.25) is 9.59 Å². The highest BCUT2D eigenvalue weighted by molar-refractivity contribution is 9.08. The molecule has 1 rings (SSSR count). The highest BCUT2D eigenvalue weighted by Gasteiger charge is 2.17.